The van der Waals surface area contributed by atoms with Gasteiger partial charge >= 0.3 is 0 Å². The second-order valence-electron chi connectivity index (χ2n) is 6.95. The van der Waals surface area contributed by atoms with Crippen LogP contribution in [-0.2, 0) is 11.2 Å². The van der Waals surface area contributed by atoms with Crippen molar-refractivity contribution in [1.29, 1.82) is 0 Å². The van der Waals surface area contributed by atoms with Gasteiger partial charge in [-0.2, -0.15) is 5.10 Å². The molecule has 0 bridgehead atoms. The van der Waals surface area contributed by atoms with Crippen molar-refractivity contribution in [2.75, 3.05) is 18.0 Å². The summed E-state index contributed by atoms with van der Waals surface area (Å²) in [5, 5.41) is 11.4. The van der Waals surface area contributed by atoms with E-state index in [1.807, 2.05) is 54.6 Å². The molecule has 2 aromatic carbocycles. The molecule has 2 heterocycles. The summed E-state index contributed by atoms with van der Waals surface area (Å²) in [6, 6.07) is 17.7. The maximum absolute atomic E-state index is 12.3. The minimum atomic E-state index is 0.0538. The van der Waals surface area contributed by atoms with Gasteiger partial charge in [0.05, 0.1) is 12.1 Å². The molecule has 1 aliphatic rings. The lowest BCUT2D eigenvalue weighted by Crippen LogP contribution is -2.38. The first kappa shape index (κ1) is 19.0. The average Bonchev–Trinajstić information content (AvgIpc) is 3.34. The first-order chi connectivity index (χ1) is 13.6. The monoisotopic (exact) mass is 458 g/mol. The molecule has 1 atom stereocenters. The lowest BCUT2D eigenvalue weighted by Gasteiger charge is -2.16. The standard InChI is InChI=1S/C21H20BrClN4O/c22-16-5-1-14(2-6-16)11-21(28)24-18-9-10-27(13-18)20-12-19(25-26-20)15-3-7-17(23)8-4-15/h1-8,12,18H,9-11,13H2,(H,24,28)(H,25,26). The number of anilines is 1. The fraction of sp³-hybridized carbons (Fsp3) is 0.238. The number of carbonyl (C=O) groups excluding carboxylic acids is 1. The van der Waals surface area contributed by atoms with E-state index in [1.165, 1.54) is 0 Å². The Bertz CT molecular complexity index is 955. The van der Waals surface area contributed by atoms with Crippen LogP contribution in [0.1, 0.15) is 12.0 Å². The highest BCUT2D eigenvalue weighted by Crippen LogP contribution is 2.25. The van der Waals surface area contributed by atoms with Crippen molar-refractivity contribution in [2.45, 2.75) is 18.9 Å². The summed E-state index contributed by atoms with van der Waals surface area (Å²) in [6.07, 6.45) is 1.31. The predicted octanol–water partition coefficient (Wildman–Crippen LogP) is 4.43. The highest BCUT2D eigenvalue weighted by atomic mass is 79.9. The molecule has 2 N–H and O–H groups in total. The van der Waals surface area contributed by atoms with Crippen molar-refractivity contribution in [3.8, 4) is 11.3 Å². The summed E-state index contributed by atoms with van der Waals surface area (Å²) in [4.78, 5) is 14.5. The van der Waals surface area contributed by atoms with Crippen LogP contribution in [0.2, 0.25) is 5.02 Å². The second-order valence-corrected chi connectivity index (χ2v) is 8.30. The number of hydrogen-bond acceptors (Lipinski definition) is 3. The summed E-state index contributed by atoms with van der Waals surface area (Å²) in [6.45, 7) is 1.63. The van der Waals surface area contributed by atoms with E-state index < -0.39 is 0 Å². The number of nitrogens with zero attached hydrogens (tertiary/aromatic N) is 2. The molecule has 5 nitrogen and oxygen atoms in total. The summed E-state index contributed by atoms with van der Waals surface area (Å²) in [5.74, 6) is 0.952. The number of benzene rings is 2. The van der Waals surface area contributed by atoms with Crippen molar-refractivity contribution in [3.63, 3.8) is 0 Å². The first-order valence-corrected chi connectivity index (χ1v) is 10.3. The van der Waals surface area contributed by atoms with Gasteiger partial charge in [-0.1, -0.05) is 51.8 Å². The van der Waals surface area contributed by atoms with Crippen LogP contribution in [0, 0.1) is 0 Å². The highest BCUT2D eigenvalue weighted by molar-refractivity contribution is 9.10. The Kier molecular flexibility index (Phi) is 5.69. The van der Waals surface area contributed by atoms with E-state index >= 15 is 0 Å². The van der Waals surface area contributed by atoms with Gasteiger partial charge in [-0.05, 0) is 41.8 Å². The molecule has 7 heteroatoms. The largest absolute Gasteiger partial charge is 0.353 e. The summed E-state index contributed by atoms with van der Waals surface area (Å²) in [7, 11) is 0. The van der Waals surface area contributed by atoms with Crippen LogP contribution in [-0.4, -0.2) is 35.2 Å². The molecular weight excluding hydrogens is 440 g/mol. The fourth-order valence-electron chi connectivity index (χ4n) is 3.40. The lowest BCUT2D eigenvalue weighted by atomic mass is 10.1. The smallest absolute Gasteiger partial charge is 0.224 e. The third-order valence-corrected chi connectivity index (χ3v) is 5.66. The minimum Gasteiger partial charge on any atom is -0.353 e. The van der Waals surface area contributed by atoms with E-state index in [4.69, 9.17) is 11.6 Å². The number of hydrogen-bond donors (Lipinski definition) is 2. The third-order valence-electron chi connectivity index (χ3n) is 4.87. The van der Waals surface area contributed by atoms with E-state index in [2.05, 4.69) is 36.3 Å². The summed E-state index contributed by atoms with van der Waals surface area (Å²) in [5.41, 5.74) is 3.01. The molecule has 28 heavy (non-hydrogen) atoms. The quantitative estimate of drug-likeness (QED) is 0.593. The van der Waals surface area contributed by atoms with Gasteiger partial charge < -0.3 is 10.2 Å². The summed E-state index contributed by atoms with van der Waals surface area (Å²) < 4.78 is 1.01. The van der Waals surface area contributed by atoms with Gasteiger partial charge in [-0.3, -0.25) is 9.89 Å². The van der Waals surface area contributed by atoms with Gasteiger partial charge in [-0.25, -0.2) is 0 Å². The van der Waals surface area contributed by atoms with E-state index in [-0.39, 0.29) is 11.9 Å². The van der Waals surface area contributed by atoms with Crippen molar-refractivity contribution in [2.24, 2.45) is 0 Å². The van der Waals surface area contributed by atoms with E-state index in [9.17, 15) is 4.79 Å². The zero-order valence-corrected chi connectivity index (χ0v) is 17.5. The molecule has 1 unspecified atom stereocenters. The lowest BCUT2D eigenvalue weighted by molar-refractivity contribution is -0.121. The van der Waals surface area contributed by atoms with E-state index in [0.29, 0.717) is 11.4 Å². The zero-order valence-electron chi connectivity index (χ0n) is 15.2. The van der Waals surface area contributed by atoms with Crippen LogP contribution in [0.3, 0.4) is 0 Å². The Morgan fingerprint density at radius 1 is 1.21 bits per heavy atom. The molecule has 144 valence electrons. The van der Waals surface area contributed by atoms with Crippen LogP contribution in [0.4, 0.5) is 5.82 Å². The Hall–Kier alpha value is -2.31. The number of carbonyl (C=O) groups is 1. The molecule has 3 aromatic rings. The Balaban J connectivity index is 1.33. The molecule has 1 amide bonds. The number of H-pyrrole nitrogens is 1. The number of nitrogens with one attached hydrogen (secondary N) is 2. The molecule has 4 rings (SSSR count). The minimum absolute atomic E-state index is 0.0538. The maximum atomic E-state index is 12.3. The number of amides is 1. The van der Waals surface area contributed by atoms with Crippen molar-refractivity contribution in [1.82, 2.24) is 15.5 Å². The average molecular weight is 460 g/mol. The molecular formula is C21H20BrClN4O. The van der Waals surface area contributed by atoms with E-state index in [1.54, 1.807) is 0 Å². The van der Waals surface area contributed by atoms with Crippen LogP contribution in [0.25, 0.3) is 11.3 Å². The molecule has 0 aliphatic carbocycles. The number of rotatable bonds is 5. The molecule has 0 spiro atoms. The number of aromatic amines is 1. The van der Waals surface area contributed by atoms with Crippen LogP contribution >= 0.6 is 27.5 Å². The van der Waals surface area contributed by atoms with Gasteiger partial charge in [0.25, 0.3) is 0 Å². The first-order valence-electron chi connectivity index (χ1n) is 9.17. The van der Waals surface area contributed by atoms with Gasteiger partial charge in [0.1, 0.15) is 0 Å². The summed E-state index contributed by atoms with van der Waals surface area (Å²) >= 11 is 9.36. The van der Waals surface area contributed by atoms with Gasteiger partial charge in [0.15, 0.2) is 5.82 Å². The van der Waals surface area contributed by atoms with E-state index in [0.717, 1.165) is 46.6 Å². The van der Waals surface area contributed by atoms with Gasteiger partial charge in [0.2, 0.25) is 5.91 Å². The predicted molar refractivity (Wildman–Crippen MR) is 116 cm³/mol. The molecule has 0 radical (unpaired) electrons. The Morgan fingerprint density at radius 2 is 1.96 bits per heavy atom. The Labute approximate surface area is 177 Å². The van der Waals surface area contributed by atoms with Gasteiger partial charge in [-0.15, -0.1) is 0 Å². The molecule has 1 fully saturated rings. The topological polar surface area (TPSA) is 61.0 Å². The van der Waals surface area contributed by atoms with Crippen LogP contribution < -0.4 is 10.2 Å². The van der Waals surface area contributed by atoms with Gasteiger partial charge in [0, 0.05) is 34.7 Å². The molecule has 1 aromatic heterocycles. The van der Waals surface area contributed by atoms with Crippen LogP contribution in [0.15, 0.2) is 59.1 Å². The molecule has 1 aliphatic heterocycles. The SMILES string of the molecule is O=C(Cc1ccc(Br)cc1)NC1CCN(c2cc(-c3ccc(Cl)cc3)[nH]n2)C1. The molecule has 0 saturated carbocycles. The zero-order chi connectivity index (χ0) is 19.5. The maximum Gasteiger partial charge on any atom is 0.224 e. The number of aromatic nitrogens is 2. The number of halogens is 2. The van der Waals surface area contributed by atoms with Crippen LogP contribution in [0.5, 0.6) is 0 Å². The normalized spacial score (nSPS) is 16.4. The fourth-order valence-corrected chi connectivity index (χ4v) is 3.79. The van der Waals surface area contributed by atoms with Crippen molar-refractivity contribution in [3.05, 3.63) is 69.7 Å². The highest BCUT2D eigenvalue weighted by Gasteiger charge is 2.25. The third kappa shape index (κ3) is 4.56. The van der Waals surface area contributed by atoms with Crippen molar-refractivity contribution < 1.29 is 4.79 Å². The second kappa shape index (κ2) is 8.37. The Morgan fingerprint density at radius 3 is 2.71 bits per heavy atom. The molecule has 1 saturated heterocycles. The van der Waals surface area contributed by atoms with Crippen molar-refractivity contribution >= 4 is 39.3 Å².